The van der Waals surface area contributed by atoms with E-state index in [2.05, 4.69) is 21.8 Å². The summed E-state index contributed by atoms with van der Waals surface area (Å²) in [5.41, 5.74) is 9.84. The Hall–Kier alpha value is -4.69. The maximum absolute atomic E-state index is 11.8. The van der Waals surface area contributed by atoms with Crippen molar-refractivity contribution in [3.05, 3.63) is 86.4 Å². The number of nitrogens with two attached hydrogens (primary N) is 2. The Labute approximate surface area is 253 Å². The van der Waals surface area contributed by atoms with Gasteiger partial charge >= 0.3 is 6.16 Å². The van der Waals surface area contributed by atoms with E-state index < -0.39 is 18.0 Å². The van der Waals surface area contributed by atoms with Crippen molar-refractivity contribution in [1.82, 2.24) is 14.7 Å². The zero-order chi connectivity index (χ0) is 31.2. The molecule has 0 amide bonds. The minimum atomic E-state index is -0.976. The number of nitrogens with zero attached hydrogens (tertiary/aromatic N) is 5. The van der Waals surface area contributed by atoms with E-state index in [0.717, 1.165) is 53.2 Å². The smallest absolute Gasteiger partial charge is 0.434 e. The molecule has 0 spiro atoms. The molecule has 3 rings (SSSR count). The SMILES string of the molecule is CCCCc1nc(Cl)c(C=O)n1Cc1ccc(-c2ccccc2/C(N)=N/N(N)COC(=O)OCCCCO[N+](=O)[O-])cc1. The van der Waals surface area contributed by atoms with Gasteiger partial charge < -0.3 is 24.6 Å². The summed E-state index contributed by atoms with van der Waals surface area (Å²) < 4.78 is 11.6. The minimum Gasteiger partial charge on any atom is -0.434 e. The van der Waals surface area contributed by atoms with Gasteiger partial charge in [-0.15, -0.1) is 15.2 Å². The molecular formula is C28H34ClN7O7. The lowest BCUT2D eigenvalue weighted by atomic mass is 9.98. The second-order valence-electron chi connectivity index (χ2n) is 9.31. The first kappa shape index (κ1) is 32.8. The number of rotatable bonds is 17. The summed E-state index contributed by atoms with van der Waals surface area (Å²) in [6.07, 6.45) is 3.10. The zero-order valence-corrected chi connectivity index (χ0v) is 24.4. The molecule has 0 aliphatic heterocycles. The van der Waals surface area contributed by atoms with Gasteiger partial charge in [-0.25, -0.2) is 15.6 Å². The molecule has 0 aliphatic carbocycles. The molecule has 0 bridgehead atoms. The number of aldehydes is 1. The van der Waals surface area contributed by atoms with Crippen molar-refractivity contribution in [3.63, 3.8) is 0 Å². The normalized spacial score (nSPS) is 11.2. The Morgan fingerprint density at radius 3 is 2.56 bits per heavy atom. The molecule has 0 radical (unpaired) electrons. The van der Waals surface area contributed by atoms with E-state index in [9.17, 15) is 19.7 Å². The predicted octanol–water partition coefficient (Wildman–Crippen LogP) is 4.30. The summed E-state index contributed by atoms with van der Waals surface area (Å²) in [7, 11) is 0. The van der Waals surface area contributed by atoms with Crippen LogP contribution in [-0.2, 0) is 27.3 Å². The number of aromatic nitrogens is 2. The van der Waals surface area contributed by atoms with Crippen LogP contribution in [-0.4, -0.2) is 58.0 Å². The van der Waals surface area contributed by atoms with Gasteiger partial charge in [-0.3, -0.25) is 4.79 Å². The average Bonchev–Trinajstić information content (AvgIpc) is 3.30. The third-order valence-electron chi connectivity index (χ3n) is 6.22. The number of hydrazine groups is 1. The summed E-state index contributed by atoms with van der Waals surface area (Å²) in [5, 5.41) is 14.4. The molecule has 0 aliphatic rings. The molecule has 14 nitrogen and oxygen atoms in total. The molecule has 0 fully saturated rings. The second kappa shape index (κ2) is 16.7. The molecule has 1 aromatic heterocycles. The van der Waals surface area contributed by atoms with E-state index in [1.807, 2.05) is 47.0 Å². The van der Waals surface area contributed by atoms with Crippen LogP contribution in [0.15, 0.2) is 53.6 Å². The number of imidazole rings is 1. The highest BCUT2D eigenvalue weighted by Gasteiger charge is 2.16. The summed E-state index contributed by atoms with van der Waals surface area (Å²) in [6, 6.07) is 15.1. The first-order valence-corrected chi connectivity index (χ1v) is 13.9. The Balaban J connectivity index is 1.62. The fraction of sp³-hybridized carbons (Fsp3) is 0.357. The monoisotopic (exact) mass is 615 g/mol. The van der Waals surface area contributed by atoms with E-state index in [4.69, 9.17) is 32.7 Å². The summed E-state index contributed by atoms with van der Waals surface area (Å²) >= 11 is 6.21. The third kappa shape index (κ3) is 9.97. The van der Waals surface area contributed by atoms with Crippen LogP contribution in [0.5, 0.6) is 0 Å². The molecule has 230 valence electrons. The van der Waals surface area contributed by atoms with Gasteiger partial charge in [0.05, 0.1) is 13.2 Å². The van der Waals surface area contributed by atoms with Crippen LogP contribution in [0, 0.1) is 10.1 Å². The third-order valence-corrected chi connectivity index (χ3v) is 6.50. The van der Waals surface area contributed by atoms with Gasteiger partial charge in [0.2, 0.25) is 0 Å². The number of ether oxygens (including phenoxy) is 2. The molecule has 1 heterocycles. The van der Waals surface area contributed by atoms with Crippen LogP contribution in [0.1, 0.15) is 60.0 Å². The number of carbonyl (C=O) groups is 2. The highest BCUT2D eigenvalue weighted by molar-refractivity contribution is 6.31. The van der Waals surface area contributed by atoms with E-state index >= 15 is 0 Å². The fourth-order valence-electron chi connectivity index (χ4n) is 4.11. The Kier molecular flexibility index (Phi) is 12.7. The van der Waals surface area contributed by atoms with Crippen LogP contribution in [0.25, 0.3) is 11.1 Å². The van der Waals surface area contributed by atoms with E-state index in [1.54, 1.807) is 6.07 Å². The Morgan fingerprint density at radius 2 is 1.86 bits per heavy atom. The largest absolute Gasteiger partial charge is 0.510 e. The van der Waals surface area contributed by atoms with Crippen LogP contribution < -0.4 is 11.6 Å². The van der Waals surface area contributed by atoms with E-state index in [-0.39, 0.29) is 24.2 Å². The molecular weight excluding hydrogens is 582 g/mol. The molecule has 2 aromatic carbocycles. The molecule has 3 aromatic rings. The van der Waals surface area contributed by atoms with Gasteiger partial charge in [-0.05, 0) is 36.0 Å². The zero-order valence-electron chi connectivity index (χ0n) is 23.7. The number of carbonyl (C=O) groups excluding carboxylic acids is 2. The summed E-state index contributed by atoms with van der Waals surface area (Å²) in [5.74, 6) is 6.71. The van der Waals surface area contributed by atoms with Crippen molar-refractivity contribution < 1.29 is 29.0 Å². The lowest BCUT2D eigenvalue weighted by molar-refractivity contribution is -0.757. The Bertz CT molecular complexity index is 1410. The molecule has 15 heteroatoms. The van der Waals surface area contributed by atoms with Crippen molar-refractivity contribution in [3.8, 4) is 11.1 Å². The molecule has 4 N–H and O–H groups in total. The number of hydrogen-bond acceptors (Lipinski definition) is 11. The minimum absolute atomic E-state index is 0.00358. The number of aryl methyl sites for hydroxylation is 1. The van der Waals surface area contributed by atoms with Crippen molar-refractivity contribution in [2.45, 2.75) is 45.6 Å². The lowest BCUT2D eigenvalue weighted by Gasteiger charge is -2.15. The summed E-state index contributed by atoms with van der Waals surface area (Å²) in [6.45, 7) is 2.01. The van der Waals surface area contributed by atoms with Crippen molar-refractivity contribution in [1.29, 1.82) is 0 Å². The van der Waals surface area contributed by atoms with Crippen LogP contribution in [0.3, 0.4) is 0 Å². The van der Waals surface area contributed by atoms with Crippen LogP contribution >= 0.6 is 11.6 Å². The highest BCUT2D eigenvalue weighted by Crippen LogP contribution is 2.25. The first-order valence-electron chi connectivity index (χ1n) is 13.5. The fourth-order valence-corrected chi connectivity index (χ4v) is 4.35. The number of hydrazone groups is 1. The van der Waals surface area contributed by atoms with Crippen molar-refractivity contribution >= 4 is 29.9 Å². The second-order valence-corrected chi connectivity index (χ2v) is 9.67. The van der Waals surface area contributed by atoms with Gasteiger partial charge in [0, 0.05) is 18.5 Å². The Morgan fingerprint density at radius 1 is 1.14 bits per heavy atom. The van der Waals surface area contributed by atoms with Crippen LogP contribution in [0.2, 0.25) is 5.15 Å². The van der Waals surface area contributed by atoms with E-state index in [1.165, 1.54) is 0 Å². The van der Waals surface area contributed by atoms with E-state index in [0.29, 0.717) is 30.6 Å². The number of hydrogen-bond donors (Lipinski definition) is 2. The van der Waals surface area contributed by atoms with Gasteiger partial charge in [0.25, 0.3) is 5.09 Å². The molecule has 0 saturated carbocycles. The highest BCUT2D eigenvalue weighted by atomic mass is 35.5. The maximum Gasteiger partial charge on any atom is 0.510 e. The maximum atomic E-state index is 11.8. The average molecular weight is 616 g/mol. The molecule has 43 heavy (non-hydrogen) atoms. The van der Waals surface area contributed by atoms with Gasteiger partial charge in [0.1, 0.15) is 11.5 Å². The number of halogens is 1. The molecule has 0 atom stereocenters. The van der Waals surface area contributed by atoms with Crippen molar-refractivity contribution in [2.75, 3.05) is 19.9 Å². The van der Waals surface area contributed by atoms with Gasteiger partial charge in [-0.2, -0.15) is 5.12 Å². The van der Waals surface area contributed by atoms with Gasteiger partial charge in [-0.1, -0.05) is 73.5 Å². The van der Waals surface area contributed by atoms with Gasteiger partial charge in [0.15, 0.2) is 24.0 Å². The topological polar surface area (TPSA) is 190 Å². The number of unbranched alkanes of at least 4 members (excludes halogenated alkanes) is 2. The van der Waals surface area contributed by atoms with Crippen molar-refractivity contribution in [2.24, 2.45) is 16.7 Å². The predicted molar refractivity (Wildman–Crippen MR) is 158 cm³/mol. The quantitative estimate of drug-likeness (QED) is 0.0253. The first-order chi connectivity index (χ1) is 20.7. The number of benzene rings is 2. The standard InChI is InChI=1S/C28H34ClN7O7/c1-2-3-10-25-32-26(29)24(18-37)34(25)17-20-11-13-21(14-12-20)22-8-4-5-9-23(22)27(30)33-35(31)19-42-28(38)41-15-6-7-16-43-36(39)40/h4-5,8-9,11-14,18H,2-3,6-7,10,15-17,19,31H2,1H3,(H2,30,33). The molecule has 0 saturated heterocycles. The summed E-state index contributed by atoms with van der Waals surface area (Å²) in [4.78, 5) is 42.1. The molecule has 0 unspecified atom stereocenters. The number of amidine groups is 1. The lowest BCUT2D eigenvalue weighted by Crippen LogP contribution is -2.33. The van der Waals surface area contributed by atoms with Crippen LogP contribution in [0.4, 0.5) is 4.79 Å².